The number of nitrogens with zero attached hydrogens (tertiary/aromatic N) is 2. The molecule has 1 aliphatic heterocycles. The third kappa shape index (κ3) is 1.98. The molecule has 2 aromatic rings. The highest BCUT2D eigenvalue weighted by atomic mass is 16.6. The van der Waals surface area contributed by atoms with Crippen LogP contribution in [-0.2, 0) is 4.74 Å². The second-order valence-corrected chi connectivity index (χ2v) is 5.38. The molecular weight excluding hydrogens is 294 g/mol. The number of aliphatic hydroxyl groups excluding tert-OH is 2. The van der Waals surface area contributed by atoms with Crippen molar-refractivity contribution in [3.05, 3.63) is 39.2 Å². The van der Waals surface area contributed by atoms with Crippen molar-refractivity contribution in [1.29, 1.82) is 0 Å². The number of hydrogen-bond acceptors (Lipinski definition) is 7. The molecule has 0 saturated carbocycles. The Hall–Kier alpha value is -2.07. The quantitative estimate of drug-likeness (QED) is 0.507. The monoisotopic (exact) mass is 309 g/mol. The van der Waals surface area contributed by atoms with E-state index in [2.05, 4.69) is 9.97 Å². The number of ether oxygens (including phenoxy) is 1. The van der Waals surface area contributed by atoms with Crippen molar-refractivity contribution in [1.82, 2.24) is 14.5 Å². The summed E-state index contributed by atoms with van der Waals surface area (Å²) in [4.78, 5) is 30.1. The molecule has 0 aromatic carbocycles. The molecule has 1 saturated heterocycles. The summed E-state index contributed by atoms with van der Waals surface area (Å²) >= 11 is 0. The predicted octanol–water partition coefficient (Wildman–Crippen LogP) is -1.91. The molecule has 3 rings (SSSR count). The highest BCUT2D eigenvalue weighted by Gasteiger charge is 2.53. The van der Waals surface area contributed by atoms with E-state index in [1.165, 1.54) is 25.3 Å². The van der Waals surface area contributed by atoms with Crippen molar-refractivity contribution in [2.75, 3.05) is 6.61 Å². The zero-order valence-corrected chi connectivity index (χ0v) is 11.6. The molecule has 118 valence electrons. The van der Waals surface area contributed by atoms with E-state index >= 15 is 0 Å². The lowest BCUT2D eigenvalue weighted by Crippen LogP contribution is -2.47. The third-order valence-corrected chi connectivity index (χ3v) is 3.87. The minimum Gasteiger partial charge on any atom is -0.394 e. The Balaban J connectivity index is 2.27. The summed E-state index contributed by atoms with van der Waals surface area (Å²) in [6, 6.07) is 3.01. The summed E-state index contributed by atoms with van der Waals surface area (Å²) in [7, 11) is 0. The molecule has 1 aliphatic rings. The molecule has 22 heavy (non-hydrogen) atoms. The molecular formula is C13H15N3O6. The van der Waals surface area contributed by atoms with Gasteiger partial charge in [-0.15, -0.1) is 0 Å². The van der Waals surface area contributed by atoms with Crippen LogP contribution in [-0.4, -0.2) is 54.3 Å². The first-order chi connectivity index (χ1) is 10.4. The number of fused-ring (bicyclic) bond motifs is 1. The Morgan fingerprint density at radius 3 is 2.86 bits per heavy atom. The fraction of sp³-hybridized carbons (Fsp3) is 0.462. The van der Waals surface area contributed by atoms with Crippen molar-refractivity contribution in [3.8, 4) is 0 Å². The molecule has 0 bridgehead atoms. The lowest BCUT2D eigenvalue weighted by molar-refractivity contribution is -0.0968. The fourth-order valence-electron chi connectivity index (χ4n) is 2.67. The van der Waals surface area contributed by atoms with E-state index in [9.17, 15) is 24.9 Å². The maximum atomic E-state index is 12.2. The molecule has 9 nitrogen and oxygen atoms in total. The van der Waals surface area contributed by atoms with Crippen molar-refractivity contribution in [2.24, 2.45) is 0 Å². The van der Waals surface area contributed by atoms with Crippen LogP contribution in [0.15, 0.2) is 27.9 Å². The van der Waals surface area contributed by atoms with E-state index in [-0.39, 0.29) is 11.0 Å². The van der Waals surface area contributed by atoms with Gasteiger partial charge in [0.1, 0.15) is 17.8 Å². The summed E-state index contributed by atoms with van der Waals surface area (Å²) in [6.07, 6.45) is -2.37. The predicted molar refractivity (Wildman–Crippen MR) is 74.3 cm³/mol. The summed E-state index contributed by atoms with van der Waals surface area (Å²) in [5.41, 5.74) is -3.26. The van der Waals surface area contributed by atoms with Crippen molar-refractivity contribution in [2.45, 2.75) is 31.0 Å². The molecule has 1 unspecified atom stereocenters. The molecule has 3 heterocycles. The summed E-state index contributed by atoms with van der Waals surface area (Å²) in [5.74, 6) is 0. The molecule has 1 fully saturated rings. The summed E-state index contributed by atoms with van der Waals surface area (Å²) in [5, 5.41) is 29.8. The Morgan fingerprint density at radius 2 is 2.23 bits per heavy atom. The number of rotatable bonds is 2. The van der Waals surface area contributed by atoms with Crippen LogP contribution in [0.25, 0.3) is 11.0 Å². The standard InChI is InChI=1S/C13H15N3O6/c1-13(21)8(18)7(5-17)22-11(13)16-9-6(3-2-4-14-9)10(19)15-12(16)20/h2-4,7-8,11,17-18,21H,5H2,1H3,(H,15,19,20)/t7-,8-,11?,13-/m1/s1. The van der Waals surface area contributed by atoms with Gasteiger partial charge in [0.05, 0.1) is 12.0 Å². The third-order valence-electron chi connectivity index (χ3n) is 3.87. The van der Waals surface area contributed by atoms with Crippen LogP contribution in [0.5, 0.6) is 0 Å². The number of pyridine rings is 1. The van der Waals surface area contributed by atoms with Crippen LogP contribution in [0.1, 0.15) is 13.2 Å². The average Bonchev–Trinajstić information content (AvgIpc) is 2.71. The second-order valence-electron chi connectivity index (χ2n) is 5.38. The minimum atomic E-state index is -1.85. The van der Waals surface area contributed by atoms with Gasteiger partial charge in [-0.05, 0) is 19.1 Å². The Morgan fingerprint density at radius 1 is 1.50 bits per heavy atom. The molecule has 9 heteroatoms. The first-order valence-corrected chi connectivity index (χ1v) is 6.64. The van der Waals surface area contributed by atoms with E-state index in [0.717, 1.165) is 4.57 Å². The van der Waals surface area contributed by atoms with E-state index < -0.39 is 41.9 Å². The number of aromatic nitrogens is 3. The molecule has 2 aromatic heterocycles. The van der Waals surface area contributed by atoms with Crippen LogP contribution in [0.2, 0.25) is 0 Å². The number of aromatic amines is 1. The van der Waals surface area contributed by atoms with E-state index in [0.29, 0.717) is 0 Å². The SMILES string of the molecule is C[C@]1(O)C(n2c(=O)[nH]c(=O)c3cccnc32)O[C@H](CO)[C@H]1O. The molecule has 0 aliphatic carbocycles. The lowest BCUT2D eigenvalue weighted by Gasteiger charge is -2.27. The van der Waals surface area contributed by atoms with Gasteiger partial charge in [0.25, 0.3) is 5.56 Å². The molecule has 0 radical (unpaired) electrons. The average molecular weight is 309 g/mol. The van der Waals surface area contributed by atoms with Gasteiger partial charge >= 0.3 is 5.69 Å². The lowest BCUT2D eigenvalue weighted by atomic mass is 9.96. The first kappa shape index (κ1) is 14.9. The summed E-state index contributed by atoms with van der Waals surface area (Å²) < 4.78 is 6.37. The highest BCUT2D eigenvalue weighted by Crippen LogP contribution is 2.37. The Bertz CT molecular complexity index is 826. The van der Waals surface area contributed by atoms with Gasteiger partial charge in [-0.3, -0.25) is 9.78 Å². The van der Waals surface area contributed by atoms with E-state index in [1.54, 1.807) is 0 Å². The highest BCUT2D eigenvalue weighted by molar-refractivity contribution is 5.73. The van der Waals surface area contributed by atoms with Crippen molar-refractivity contribution in [3.63, 3.8) is 0 Å². The van der Waals surface area contributed by atoms with E-state index in [1.807, 2.05) is 0 Å². The van der Waals surface area contributed by atoms with Gasteiger partial charge in [-0.25, -0.2) is 14.3 Å². The van der Waals surface area contributed by atoms with Gasteiger partial charge in [0.2, 0.25) is 0 Å². The zero-order valence-electron chi connectivity index (χ0n) is 11.6. The maximum Gasteiger partial charge on any atom is 0.332 e. The summed E-state index contributed by atoms with van der Waals surface area (Å²) in [6.45, 7) is 0.752. The maximum absolute atomic E-state index is 12.2. The molecule has 0 spiro atoms. The van der Waals surface area contributed by atoms with Crippen LogP contribution >= 0.6 is 0 Å². The van der Waals surface area contributed by atoms with Crippen LogP contribution in [0, 0.1) is 0 Å². The van der Waals surface area contributed by atoms with Crippen molar-refractivity contribution >= 4 is 11.0 Å². The smallest absolute Gasteiger partial charge is 0.332 e. The Labute approximate surface area is 123 Å². The topological polar surface area (TPSA) is 138 Å². The minimum absolute atomic E-state index is 0.0207. The van der Waals surface area contributed by atoms with E-state index in [4.69, 9.17) is 4.74 Å². The van der Waals surface area contributed by atoms with Gasteiger partial charge in [0.15, 0.2) is 11.9 Å². The van der Waals surface area contributed by atoms with Crippen LogP contribution in [0.4, 0.5) is 0 Å². The van der Waals surface area contributed by atoms with Crippen molar-refractivity contribution < 1.29 is 20.1 Å². The second kappa shape index (κ2) is 4.99. The van der Waals surface area contributed by atoms with Gasteiger partial charge < -0.3 is 20.1 Å². The number of hydrogen-bond donors (Lipinski definition) is 4. The van der Waals surface area contributed by atoms with Gasteiger partial charge in [0, 0.05) is 6.20 Å². The molecule has 4 atom stereocenters. The molecule has 4 N–H and O–H groups in total. The fourth-order valence-corrected chi connectivity index (χ4v) is 2.67. The van der Waals surface area contributed by atoms with Gasteiger partial charge in [-0.2, -0.15) is 0 Å². The number of H-pyrrole nitrogens is 1. The van der Waals surface area contributed by atoms with Crippen LogP contribution in [0.3, 0.4) is 0 Å². The number of nitrogens with one attached hydrogen (secondary N) is 1. The van der Waals surface area contributed by atoms with Crippen LogP contribution < -0.4 is 11.2 Å². The molecule has 0 amide bonds. The van der Waals surface area contributed by atoms with Gasteiger partial charge in [-0.1, -0.05) is 0 Å². The zero-order chi connectivity index (χ0) is 16.1. The first-order valence-electron chi connectivity index (χ1n) is 6.64. The largest absolute Gasteiger partial charge is 0.394 e. The normalized spacial score (nSPS) is 31.7. The number of aliphatic hydroxyl groups is 3. The Kier molecular flexibility index (Phi) is 3.37.